The second kappa shape index (κ2) is 7.43. The number of hydrogen-bond donors (Lipinski definition) is 2. The lowest BCUT2D eigenvalue weighted by Crippen LogP contribution is -2.68. The first-order chi connectivity index (χ1) is 11.7. The van der Waals surface area contributed by atoms with Gasteiger partial charge in [0.15, 0.2) is 6.04 Å². The first-order valence-corrected chi connectivity index (χ1v) is 7.63. The minimum absolute atomic E-state index is 0.221. The van der Waals surface area contributed by atoms with E-state index >= 15 is 0 Å². The molecule has 120 valence electrons. The van der Waals surface area contributed by atoms with E-state index in [-0.39, 0.29) is 5.91 Å². The molecule has 2 aromatic carbocycles. The molecular weight excluding hydrogens is 302 g/mol. The highest BCUT2D eigenvalue weighted by atomic mass is 16.2. The van der Waals surface area contributed by atoms with Gasteiger partial charge in [0.2, 0.25) is 0 Å². The number of hydrogen-bond acceptors (Lipinski definition) is 4. The van der Waals surface area contributed by atoms with Crippen molar-refractivity contribution in [1.82, 2.24) is 15.4 Å². The van der Waals surface area contributed by atoms with E-state index in [9.17, 15) is 4.79 Å². The number of rotatable bonds is 5. The van der Waals surface area contributed by atoms with Crippen molar-refractivity contribution >= 4 is 23.2 Å². The van der Waals surface area contributed by atoms with E-state index in [0.29, 0.717) is 6.42 Å². The lowest BCUT2D eigenvalue weighted by Gasteiger charge is -2.06. The maximum atomic E-state index is 12.1. The van der Waals surface area contributed by atoms with Gasteiger partial charge in [0.05, 0.1) is 17.2 Å². The molecule has 1 amide bonds. The molecule has 3 rings (SSSR count). The number of benzene rings is 2. The molecule has 24 heavy (non-hydrogen) atoms. The van der Waals surface area contributed by atoms with Crippen LogP contribution in [-0.4, -0.2) is 28.1 Å². The molecule has 0 aliphatic carbocycles. The van der Waals surface area contributed by atoms with E-state index < -0.39 is 6.04 Å². The van der Waals surface area contributed by atoms with Crippen molar-refractivity contribution in [2.75, 3.05) is 0 Å². The van der Waals surface area contributed by atoms with E-state index in [1.165, 1.54) is 0 Å². The van der Waals surface area contributed by atoms with Gasteiger partial charge in [-0.2, -0.15) is 5.10 Å². The smallest absolute Gasteiger partial charge is 0.298 e. The fourth-order valence-corrected chi connectivity index (χ4v) is 2.37. The normalized spacial score (nSPS) is 12.4. The molecule has 0 radical (unpaired) electrons. The van der Waals surface area contributed by atoms with Crippen LogP contribution in [0, 0.1) is 0 Å². The summed E-state index contributed by atoms with van der Waals surface area (Å²) >= 11 is 0. The number of carbonyl (C=O) groups is 1. The van der Waals surface area contributed by atoms with Gasteiger partial charge in [0.25, 0.3) is 5.91 Å². The third-order valence-electron chi connectivity index (χ3n) is 3.60. The molecule has 4 N–H and O–H groups in total. The number of hydrazone groups is 1. The summed E-state index contributed by atoms with van der Waals surface area (Å²) in [5.74, 6) is -0.221. The van der Waals surface area contributed by atoms with Gasteiger partial charge < -0.3 is 5.73 Å². The summed E-state index contributed by atoms with van der Waals surface area (Å²) in [4.78, 5) is 20.6. The van der Waals surface area contributed by atoms with Crippen LogP contribution in [0.1, 0.15) is 11.1 Å². The van der Waals surface area contributed by atoms with E-state index in [1.54, 1.807) is 18.6 Å². The van der Waals surface area contributed by atoms with Crippen molar-refractivity contribution in [2.45, 2.75) is 12.5 Å². The Kier molecular flexibility index (Phi) is 4.88. The van der Waals surface area contributed by atoms with Crippen LogP contribution in [0.2, 0.25) is 0 Å². The molecule has 0 fully saturated rings. The van der Waals surface area contributed by atoms with Crippen LogP contribution in [0.5, 0.6) is 0 Å². The minimum Gasteiger partial charge on any atom is -0.347 e. The Morgan fingerprint density at radius 3 is 2.75 bits per heavy atom. The molecule has 1 atom stereocenters. The highest BCUT2D eigenvalue weighted by Gasteiger charge is 2.16. The van der Waals surface area contributed by atoms with Crippen molar-refractivity contribution in [3.05, 3.63) is 72.1 Å². The maximum Gasteiger partial charge on any atom is 0.298 e. The van der Waals surface area contributed by atoms with Crippen molar-refractivity contribution in [3.63, 3.8) is 0 Å². The zero-order valence-electron chi connectivity index (χ0n) is 13.1. The predicted molar refractivity (Wildman–Crippen MR) is 92.1 cm³/mol. The van der Waals surface area contributed by atoms with Gasteiger partial charge in [-0.1, -0.05) is 42.5 Å². The zero-order chi connectivity index (χ0) is 16.8. The number of para-hydroxylation sites is 1. The van der Waals surface area contributed by atoms with Crippen LogP contribution < -0.4 is 11.2 Å². The Labute approximate surface area is 139 Å². The Morgan fingerprint density at radius 1 is 1.12 bits per heavy atom. The summed E-state index contributed by atoms with van der Waals surface area (Å²) < 4.78 is 0. The van der Waals surface area contributed by atoms with Gasteiger partial charge in [-0.05, 0) is 11.6 Å². The molecule has 0 bridgehead atoms. The van der Waals surface area contributed by atoms with Crippen molar-refractivity contribution in [3.8, 4) is 0 Å². The third kappa shape index (κ3) is 3.80. The quantitative estimate of drug-likeness (QED) is 0.541. The standard InChI is InChI=1S/C18H17N5O/c19-15(11-13-5-2-1-3-6-13)18(24)23-22-12-14-7-4-8-16-17(14)21-10-9-20-16/h1-10,12,15H,11,19H2,(H,23,24)/p+1/b22-12-/t15-/m0/s1. The summed E-state index contributed by atoms with van der Waals surface area (Å²) in [6, 6.07) is 15.0. The molecule has 0 saturated heterocycles. The summed E-state index contributed by atoms with van der Waals surface area (Å²) in [5, 5.41) is 4.02. The fourth-order valence-electron chi connectivity index (χ4n) is 2.37. The second-order valence-electron chi connectivity index (χ2n) is 5.39. The molecule has 0 saturated carbocycles. The third-order valence-corrected chi connectivity index (χ3v) is 3.60. The highest BCUT2D eigenvalue weighted by Crippen LogP contribution is 2.11. The number of aromatic nitrogens is 2. The van der Waals surface area contributed by atoms with Gasteiger partial charge in [0, 0.05) is 24.4 Å². The van der Waals surface area contributed by atoms with Crippen LogP contribution >= 0.6 is 0 Å². The van der Waals surface area contributed by atoms with Crippen LogP contribution in [-0.2, 0) is 11.2 Å². The van der Waals surface area contributed by atoms with E-state index in [0.717, 1.165) is 22.2 Å². The Balaban J connectivity index is 1.64. The van der Waals surface area contributed by atoms with Crippen molar-refractivity contribution in [2.24, 2.45) is 5.10 Å². The van der Waals surface area contributed by atoms with Gasteiger partial charge in [-0.3, -0.25) is 14.8 Å². The number of carbonyl (C=O) groups excluding carboxylic acids is 1. The number of nitrogens with zero attached hydrogens (tertiary/aromatic N) is 3. The summed E-state index contributed by atoms with van der Waals surface area (Å²) in [7, 11) is 0. The van der Waals surface area contributed by atoms with Gasteiger partial charge in [-0.25, -0.2) is 5.43 Å². The molecule has 6 nitrogen and oxygen atoms in total. The number of fused-ring (bicyclic) bond motifs is 1. The molecule has 0 aliphatic heterocycles. The minimum atomic E-state index is -0.406. The molecule has 3 aromatic rings. The van der Waals surface area contributed by atoms with Crippen LogP contribution in [0.25, 0.3) is 11.0 Å². The molecule has 6 heteroatoms. The van der Waals surface area contributed by atoms with Gasteiger partial charge >= 0.3 is 0 Å². The first-order valence-electron chi connectivity index (χ1n) is 7.63. The number of nitrogens with one attached hydrogen (secondary N) is 1. The second-order valence-corrected chi connectivity index (χ2v) is 5.39. The van der Waals surface area contributed by atoms with Gasteiger partial charge in [0.1, 0.15) is 0 Å². The van der Waals surface area contributed by atoms with Crippen molar-refractivity contribution < 1.29 is 10.5 Å². The SMILES string of the molecule is [NH3+][C@@H](Cc1ccccc1)C(=O)N/N=C\c1cccc2nccnc12. The molecule has 0 unspecified atom stereocenters. The molecule has 1 aromatic heterocycles. The monoisotopic (exact) mass is 320 g/mol. The van der Waals surface area contributed by atoms with E-state index in [4.69, 9.17) is 0 Å². The predicted octanol–water partition coefficient (Wildman–Crippen LogP) is 0.933. The number of quaternary nitrogens is 1. The molecule has 0 aliphatic rings. The molecular formula is C18H18N5O+. The zero-order valence-corrected chi connectivity index (χ0v) is 13.1. The lowest BCUT2D eigenvalue weighted by molar-refractivity contribution is -0.403. The highest BCUT2D eigenvalue weighted by molar-refractivity contribution is 5.96. The maximum absolute atomic E-state index is 12.1. The lowest BCUT2D eigenvalue weighted by atomic mass is 10.1. The summed E-state index contributed by atoms with van der Waals surface area (Å²) in [5.41, 5.74) is 9.83. The Hall–Kier alpha value is -3.12. The van der Waals surface area contributed by atoms with Crippen LogP contribution in [0.15, 0.2) is 66.0 Å². The number of amides is 1. The van der Waals surface area contributed by atoms with E-state index in [2.05, 4.69) is 26.2 Å². The average molecular weight is 320 g/mol. The van der Waals surface area contributed by atoms with Crippen molar-refractivity contribution in [1.29, 1.82) is 0 Å². The molecule has 1 heterocycles. The van der Waals surface area contributed by atoms with Crippen LogP contribution in [0.3, 0.4) is 0 Å². The van der Waals surface area contributed by atoms with E-state index in [1.807, 2.05) is 48.5 Å². The summed E-state index contributed by atoms with van der Waals surface area (Å²) in [6.45, 7) is 0. The largest absolute Gasteiger partial charge is 0.347 e. The molecule has 0 spiro atoms. The van der Waals surface area contributed by atoms with Gasteiger partial charge in [-0.15, -0.1) is 0 Å². The first kappa shape index (κ1) is 15.8. The summed E-state index contributed by atoms with van der Waals surface area (Å²) in [6.07, 6.45) is 5.41. The topological polar surface area (TPSA) is 94.9 Å². The fraction of sp³-hybridized carbons (Fsp3) is 0.111. The Bertz CT molecular complexity index is 858. The average Bonchev–Trinajstić information content (AvgIpc) is 2.62. The Morgan fingerprint density at radius 2 is 1.92 bits per heavy atom. The van der Waals surface area contributed by atoms with Crippen LogP contribution in [0.4, 0.5) is 0 Å².